The highest BCUT2D eigenvalue weighted by Crippen LogP contribution is 2.08. The molecule has 0 atom stereocenters. The topological polar surface area (TPSA) is 42.0 Å². The van der Waals surface area contributed by atoms with Gasteiger partial charge in [0.2, 0.25) is 0 Å². The number of nitrogens with zero attached hydrogens (tertiary/aromatic N) is 1. The highest BCUT2D eigenvalue weighted by Gasteiger charge is 2.05. The predicted molar refractivity (Wildman–Crippen MR) is 71.5 cm³/mol. The average Bonchev–Trinajstić information content (AvgIpc) is 2.41. The van der Waals surface area contributed by atoms with Gasteiger partial charge in [0.1, 0.15) is 5.69 Å². The van der Waals surface area contributed by atoms with Gasteiger partial charge in [0.25, 0.3) is 5.91 Å². The molecular formula is C15H16N2O. The lowest BCUT2D eigenvalue weighted by Crippen LogP contribution is -2.23. The van der Waals surface area contributed by atoms with E-state index >= 15 is 0 Å². The van der Waals surface area contributed by atoms with Crippen LogP contribution < -0.4 is 5.32 Å². The highest BCUT2D eigenvalue weighted by molar-refractivity contribution is 5.92. The molecule has 0 aliphatic heterocycles. The Morgan fingerprint density at radius 2 is 1.89 bits per heavy atom. The van der Waals surface area contributed by atoms with Crippen molar-refractivity contribution >= 4 is 5.91 Å². The summed E-state index contributed by atoms with van der Waals surface area (Å²) in [6.45, 7) is 2.51. The maximum absolute atomic E-state index is 11.5. The Morgan fingerprint density at radius 3 is 2.50 bits per heavy atom. The standard InChI is InChI=1S/C15H16N2O/c1-2-16-15(18)14-9-8-13(11-17-14)10-12-6-4-3-5-7-12/h3-9,11H,2,10H2,1H3,(H,16,18). The summed E-state index contributed by atoms with van der Waals surface area (Å²) in [5, 5.41) is 2.73. The van der Waals surface area contributed by atoms with E-state index in [4.69, 9.17) is 0 Å². The van der Waals surface area contributed by atoms with Crippen molar-refractivity contribution in [3.05, 3.63) is 65.5 Å². The fourth-order valence-corrected chi connectivity index (χ4v) is 1.75. The van der Waals surface area contributed by atoms with Crippen LogP contribution >= 0.6 is 0 Å². The Bertz CT molecular complexity index is 506. The second kappa shape index (κ2) is 5.96. The van der Waals surface area contributed by atoms with Crippen LogP contribution in [0.15, 0.2) is 48.7 Å². The van der Waals surface area contributed by atoms with Crippen molar-refractivity contribution in [3.63, 3.8) is 0 Å². The third-order valence-electron chi connectivity index (χ3n) is 2.65. The van der Waals surface area contributed by atoms with Crippen molar-refractivity contribution in [2.45, 2.75) is 13.3 Å². The first-order valence-electron chi connectivity index (χ1n) is 6.06. The van der Waals surface area contributed by atoms with Gasteiger partial charge in [-0.25, -0.2) is 0 Å². The first kappa shape index (κ1) is 12.3. The monoisotopic (exact) mass is 240 g/mol. The number of hydrogen-bond donors (Lipinski definition) is 1. The molecule has 0 saturated heterocycles. The van der Waals surface area contributed by atoms with E-state index in [1.165, 1.54) is 5.56 Å². The second-order valence-electron chi connectivity index (χ2n) is 4.07. The number of aromatic nitrogens is 1. The molecule has 3 heteroatoms. The Kier molecular flexibility index (Phi) is 4.07. The van der Waals surface area contributed by atoms with E-state index in [9.17, 15) is 4.79 Å². The fourth-order valence-electron chi connectivity index (χ4n) is 1.75. The Labute approximate surface area is 107 Å². The number of amides is 1. The quantitative estimate of drug-likeness (QED) is 0.891. The molecule has 2 rings (SSSR count). The van der Waals surface area contributed by atoms with Crippen LogP contribution in [0.2, 0.25) is 0 Å². The summed E-state index contributed by atoms with van der Waals surface area (Å²) < 4.78 is 0. The minimum Gasteiger partial charge on any atom is -0.351 e. The fraction of sp³-hybridized carbons (Fsp3) is 0.200. The molecule has 0 radical (unpaired) electrons. The molecule has 92 valence electrons. The number of carbonyl (C=O) groups excluding carboxylic acids is 1. The van der Waals surface area contributed by atoms with Gasteiger partial charge in [-0.1, -0.05) is 36.4 Å². The summed E-state index contributed by atoms with van der Waals surface area (Å²) in [5.41, 5.74) is 2.81. The average molecular weight is 240 g/mol. The molecule has 0 fully saturated rings. The first-order valence-corrected chi connectivity index (χ1v) is 6.06. The van der Waals surface area contributed by atoms with Gasteiger partial charge in [0, 0.05) is 12.7 Å². The van der Waals surface area contributed by atoms with Crippen LogP contribution in [-0.4, -0.2) is 17.4 Å². The molecular weight excluding hydrogens is 224 g/mol. The zero-order valence-corrected chi connectivity index (χ0v) is 10.4. The molecule has 0 bridgehead atoms. The van der Waals surface area contributed by atoms with Crippen molar-refractivity contribution in [1.82, 2.24) is 10.3 Å². The van der Waals surface area contributed by atoms with Gasteiger partial charge in [-0.05, 0) is 30.5 Å². The lowest BCUT2D eigenvalue weighted by molar-refractivity contribution is 0.0951. The van der Waals surface area contributed by atoms with Crippen LogP contribution in [-0.2, 0) is 6.42 Å². The van der Waals surface area contributed by atoms with E-state index in [0.717, 1.165) is 12.0 Å². The Hall–Kier alpha value is -2.16. The maximum Gasteiger partial charge on any atom is 0.269 e. The minimum absolute atomic E-state index is 0.122. The number of nitrogens with one attached hydrogen (secondary N) is 1. The van der Waals surface area contributed by atoms with Crippen LogP contribution in [0.25, 0.3) is 0 Å². The summed E-state index contributed by atoms with van der Waals surface area (Å²) in [6.07, 6.45) is 2.60. The minimum atomic E-state index is -0.122. The molecule has 18 heavy (non-hydrogen) atoms. The van der Waals surface area contributed by atoms with Gasteiger partial charge in [-0.2, -0.15) is 0 Å². The number of pyridine rings is 1. The van der Waals surface area contributed by atoms with Crippen LogP contribution in [0.4, 0.5) is 0 Å². The zero-order chi connectivity index (χ0) is 12.8. The molecule has 0 aliphatic carbocycles. The Morgan fingerprint density at radius 1 is 1.11 bits per heavy atom. The summed E-state index contributed by atoms with van der Waals surface area (Å²) in [7, 11) is 0. The van der Waals surface area contributed by atoms with E-state index in [0.29, 0.717) is 12.2 Å². The third kappa shape index (κ3) is 3.17. The second-order valence-corrected chi connectivity index (χ2v) is 4.07. The summed E-state index contributed by atoms with van der Waals surface area (Å²) in [6, 6.07) is 13.9. The molecule has 3 nitrogen and oxygen atoms in total. The van der Waals surface area contributed by atoms with E-state index < -0.39 is 0 Å². The van der Waals surface area contributed by atoms with Crippen molar-refractivity contribution in [2.24, 2.45) is 0 Å². The molecule has 0 aliphatic rings. The largest absolute Gasteiger partial charge is 0.351 e. The molecule has 0 saturated carbocycles. The number of benzene rings is 1. The zero-order valence-electron chi connectivity index (χ0n) is 10.4. The molecule has 1 amide bonds. The molecule has 1 N–H and O–H groups in total. The summed E-state index contributed by atoms with van der Waals surface area (Å²) in [5.74, 6) is -0.122. The van der Waals surface area contributed by atoms with Crippen molar-refractivity contribution in [1.29, 1.82) is 0 Å². The van der Waals surface area contributed by atoms with E-state index in [1.54, 1.807) is 12.3 Å². The lowest BCUT2D eigenvalue weighted by Gasteiger charge is -2.04. The van der Waals surface area contributed by atoms with Gasteiger partial charge in [0.05, 0.1) is 0 Å². The normalized spacial score (nSPS) is 10.1. The van der Waals surface area contributed by atoms with Crippen LogP contribution in [0.3, 0.4) is 0 Å². The van der Waals surface area contributed by atoms with Crippen LogP contribution in [0.1, 0.15) is 28.5 Å². The van der Waals surface area contributed by atoms with Gasteiger partial charge >= 0.3 is 0 Å². The lowest BCUT2D eigenvalue weighted by atomic mass is 10.1. The maximum atomic E-state index is 11.5. The third-order valence-corrected chi connectivity index (χ3v) is 2.65. The van der Waals surface area contributed by atoms with Crippen molar-refractivity contribution in [2.75, 3.05) is 6.54 Å². The predicted octanol–water partition coefficient (Wildman–Crippen LogP) is 2.42. The van der Waals surface area contributed by atoms with Gasteiger partial charge in [0.15, 0.2) is 0 Å². The number of rotatable bonds is 4. The van der Waals surface area contributed by atoms with Crippen molar-refractivity contribution < 1.29 is 4.79 Å². The summed E-state index contributed by atoms with van der Waals surface area (Å²) in [4.78, 5) is 15.7. The first-order chi connectivity index (χ1) is 8.79. The smallest absolute Gasteiger partial charge is 0.269 e. The highest BCUT2D eigenvalue weighted by atomic mass is 16.1. The van der Waals surface area contributed by atoms with Gasteiger partial charge in [-0.3, -0.25) is 9.78 Å². The van der Waals surface area contributed by atoms with E-state index in [2.05, 4.69) is 22.4 Å². The van der Waals surface area contributed by atoms with Crippen LogP contribution in [0, 0.1) is 0 Å². The number of carbonyl (C=O) groups is 1. The molecule has 1 aromatic carbocycles. The molecule has 0 spiro atoms. The van der Waals surface area contributed by atoms with Gasteiger partial charge < -0.3 is 5.32 Å². The molecule has 1 aromatic heterocycles. The Balaban J connectivity index is 2.06. The molecule has 0 unspecified atom stereocenters. The number of hydrogen-bond acceptors (Lipinski definition) is 2. The van der Waals surface area contributed by atoms with E-state index in [1.807, 2.05) is 31.2 Å². The molecule has 2 aromatic rings. The SMILES string of the molecule is CCNC(=O)c1ccc(Cc2ccccc2)cn1. The van der Waals surface area contributed by atoms with E-state index in [-0.39, 0.29) is 5.91 Å². The van der Waals surface area contributed by atoms with Gasteiger partial charge in [-0.15, -0.1) is 0 Å². The van der Waals surface area contributed by atoms with Crippen LogP contribution in [0.5, 0.6) is 0 Å². The van der Waals surface area contributed by atoms with Crippen molar-refractivity contribution in [3.8, 4) is 0 Å². The summed E-state index contributed by atoms with van der Waals surface area (Å²) >= 11 is 0. The molecule has 1 heterocycles.